The third-order valence-corrected chi connectivity index (χ3v) is 6.36. The van der Waals surface area contributed by atoms with Crippen molar-refractivity contribution in [1.29, 1.82) is 0 Å². The molecule has 2 heterocycles. The first kappa shape index (κ1) is 22.5. The molecule has 0 bridgehead atoms. The van der Waals surface area contributed by atoms with Crippen molar-refractivity contribution in [2.24, 2.45) is 0 Å². The maximum atomic E-state index is 13.6. The highest BCUT2D eigenvalue weighted by atomic mass is 16.3. The van der Waals surface area contributed by atoms with Gasteiger partial charge in [-0.15, -0.1) is 0 Å². The third kappa shape index (κ3) is 4.52. The van der Waals surface area contributed by atoms with Crippen LogP contribution in [0.2, 0.25) is 0 Å². The summed E-state index contributed by atoms with van der Waals surface area (Å²) in [7, 11) is 0. The van der Waals surface area contributed by atoms with E-state index in [1.165, 1.54) is 0 Å². The molecule has 6 rings (SSSR count). The number of benzene rings is 4. The smallest absolute Gasteiger partial charge is 0.236 e. The Labute approximate surface area is 214 Å². The normalized spacial score (nSPS) is 11.2. The number of anilines is 1. The van der Waals surface area contributed by atoms with Crippen molar-refractivity contribution >= 4 is 22.7 Å². The van der Waals surface area contributed by atoms with Crippen molar-refractivity contribution in [3.63, 3.8) is 0 Å². The molecular weight excluding hydrogens is 460 g/mol. The Morgan fingerprint density at radius 3 is 2.32 bits per heavy atom. The van der Waals surface area contributed by atoms with Gasteiger partial charge in [0.05, 0.1) is 23.4 Å². The van der Waals surface area contributed by atoms with E-state index in [0.29, 0.717) is 11.6 Å². The van der Waals surface area contributed by atoms with Gasteiger partial charge in [-0.2, -0.15) is 5.10 Å². The number of oxazole rings is 1. The molecule has 0 radical (unpaired) electrons. The minimum atomic E-state index is -0.433. The lowest BCUT2D eigenvalue weighted by molar-refractivity contribution is -0.116. The highest BCUT2D eigenvalue weighted by molar-refractivity contribution is 5.98. The standard InChI is InChI=1S/C31H24N4O2/c1-20-15-16-26-27(17-20)37-31(34-26)25-19-32-35-29(25)23-13-8-14-24(18-23)33-30(36)28(21-9-4-2-5-10-21)22-11-6-3-7-12-22/h2-19,28H,1H3,(H,32,35)(H,33,36). The number of hydrogen-bond donors (Lipinski definition) is 2. The molecule has 0 atom stereocenters. The number of carbonyl (C=O) groups is 1. The Balaban J connectivity index is 1.31. The van der Waals surface area contributed by atoms with E-state index in [2.05, 4.69) is 20.5 Å². The Kier molecular flexibility index (Phi) is 5.83. The summed E-state index contributed by atoms with van der Waals surface area (Å²) in [4.78, 5) is 18.2. The molecular formula is C31H24N4O2. The number of aromatic amines is 1. The fourth-order valence-electron chi connectivity index (χ4n) is 4.57. The molecule has 0 saturated heterocycles. The van der Waals surface area contributed by atoms with Gasteiger partial charge in [-0.05, 0) is 47.9 Å². The second kappa shape index (κ2) is 9.59. The van der Waals surface area contributed by atoms with E-state index >= 15 is 0 Å². The first-order valence-corrected chi connectivity index (χ1v) is 12.1. The van der Waals surface area contributed by atoms with Crippen LogP contribution >= 0.6 is 0 Å². The van der Waals surface area contributed by atoms with E-state index in [-0.39, 0.29) is 5.91 Å². The van der Waals surface area contributed by atoms with Gasteiger partial charge in [0.1, 0.15) is 5.52 Å². The maximum absolute atomic E-state index is 13.6. The average molecular weight is 485 g/mol. The van der Waals surface area contributed by atoms with E-state index in [1.807, 2.05) is 110 Å². The van der Waals surface area contributed by atoms with Gasteiger partial charge in [-0.25, -0.2) is 4.98 Å². The van der Waals surface area contributed by atoms with E-state index in [0.717, 1.165) is 44.6 Å². The van der Waals surface area contributed by atoms with Crippen molar-refractivity contribution in [2.75, 3.05) is 5.32 Å². The van der Waals surface area contributed by atoms with Gasteiger partial charge in [0.15, 0.2) is 5.58 Å². The Bertz CT molecular complexity index is 1650. The average Bonchev–Trinajstić information content (AvgIpc) is 3.57. The molecule has 1 amide bonds. The molecule has 0 aliphatic carbocycles. The summed E-state index contributed by atoms with van der Waals surface area (Å²) in [5.74, 6) is -0.0438. The molecule has 37 heavy (non-hydrogen) atoms. The fourth-order valence-corrected chi connectivity index (χ4v) is 4.57. The largest absolute Gasteiger partial charge is 0.436 e. The third-order valence-electron chi connectivity index (χ3n) is 6.36. The predicted molar refractivity (Wildman–Crippen MR) is 145 cm³/mol. The molecule has 6 nitrogen and oxygen atoms in total. The molecule has 0 unspecified atom stereocenters. The molecule has 0 saturated carbocycles. The van der Waals surface area contributed by atoms with Crippen LogP contribution in [-0.4, -0.2) is 21.1 Å². The second-order valence-electron chi connectivity index (χ2n) is 8.97. The quantitative estimate of drug-likeness (QED) is 0.268. The lowest BCUT2D eigenvalue weighted by Crippen LogP contribution is -2.22. The molecule has 4 aromatic carbocycles. The zero-order valence-electron chi connectivity index (χ0n) is 20.2. The highest BCUT2D eigenvalue weighted by Gasteiger charge is 2.23. The minimum absolute atomic E-state index is 0.103. The van der Waals surface area contributed by atoms with Crippen LogP contribution in [0.15, 0.2) is 114 Å². The summed E-state index contributed by atoms with van der Waals surface area (Å²) >= 11 is 0. The number of H-pyrrole nitrogens is 1. The summed E-state index contributed by atoms with van der Waals surface area (Å²) in [6.45, 7) is 2.02. The number of rotatable bonds is 6. The number of carbonyl (C=O) groups excluding carboxylic acids is 1. The number of hydrogen-bond acceptors (Lipinski definition) is 4. The molecule has 2 aromatic heterocycles. The molecule has 2 N–H and O–H groups in total. The number of nitrogens with zero attached hydrogens (tertiary/aromatic N) is 2. The van der Waals surface area contributed by atoms with Gasteiger partial charge in [0.25, 0.3) is 0 Å². The SMILES string of the molecule is Cc1ccc2nc(-c3cn[nH]c3-c3cccc(NC(=O)C(c4ccccc4)c4ccccc4)c3)oc2c1. The summed E-state index contributed by atoms with van der Waals surface area (Å²) in [5, 5.41) is 10.4. The van der Waals surface area contributed by atoms with Crippen LogP contribution in [-0.2, 0) is 4.79 Å². The second-order valence-corrected chi connectivity index (χ2v) is 8.97. The van der Waals surface area contributed by atoms with Crippen LogP contribution in [0.25, 0.3) is 33.8 Å². The van der Waals surface area contributed by atoms with E-state index in [4.69, 9.17) is 4.42 Å². The van der Waals surface area contributed by atoms with Crippen molar-refractivity contribution in [3.8, 4) is 22.7 Å². The molecule has 0 fully saturated rings. The molecule has 0 spiro atoms. The van der Waals surface area contributed by atoms with Crippen LogP contribution in [0.1, 0.15) is 22.6 Å². The van der Waals surface area contributed by atoms with Gasteiger partial charge in [-0.1, -0.05) is 78.9 Å². The van der Waals surface area contributed by atoms with Crippen LogP contribution in [0.4, 0.5) is 5.69 Å². The van der Waals surface area contributed by atoms with E-state index in [9.17, 15) is 4.79 Å². The lowest BCUT2D eigenvalue weighted by atomic mass is 9.90. The lowest BCUT2D eigenvalue weighted by Gasteiger charge is -2.18. The molecule has 180 valence electrons. The van der Waals surface area contributed by atoms with Gasteiger partial charge in [-0.3, -0.25) is 9.89 Å². The predicted octanol–water partition coefficient (Wildman–Crippen LogP) is 6.96. The molecule has 6 aromatic rings. The van der Waals surface area contributed by atoms with Gasteiger partial charge in [0.2, 0.25) is 11.8 Å². The maximum Gasteiger partial charge on any atom is 0.236 e. The van der Waals surface area contributed by atoms with Crippen molar-refractivity contribution in [3.05, 3.63) is 126 Å². The summed E-state index contributed by atoms with van der Waals surface area (Å²) < 4.78 is 6.04. The molecule has 6 heteroatoms. The monoisotopic (exact) mass is 484 g/mol. The first-order chi connectivity index (χ1) is 18.2. The van der Waals surface area contributed by atoms with Crippen LogP contribution < -0.4 is 5.32 Å². The van der Waals surface area contributed by atoms with Crippen LogP contribution in [0.3, 0.4) is 0 Å². The fraction of sp³-hybridized carbons (Fsp3) is 0.0645. The van der Waals surface area contributed by atoms with Crippen molar-refractivity contribution < 1.29 is 9.21 Å². The summed E-state index contributed by atoms with van der Waals surface area (Å²) in [6.07, 6.45) is 1.71. The van der Waals surface area contributed by atoms with Gasteiger partial charge in [0, 0.05) is 11.3 Å². The van der Waals surface area contributed by atoms with Crippen molar-refractivity contribution in [2.45, 2.75) is 12.8 Å². The van der Waals surface area contributed by atoms with Crippen molar-refractivity contribution in [1.82, 2.24) is 15.2 Å². The summed E-state index contributed by atoms with van der Waals surface area (Å²) in [6, 6.07) is 33.2. The number of aryl methyl sites for hydroxylation is 1. The summed E-state index contributed by atoms with van der Waals surface area (Å²) in [5.41, 5.74) is 7.57. The van der Waals surface area contributed by atoms with Gasteiger partial charge < -0.3 is 9.73 Å². The van der Waals surface area contributed by atoms with Crippen LogP contribution in [0.5, 0.6) is 0 Å². The number of fused-ring (bicyclic) bond motifs is 1. The van der Waals surface area contributed by atoms with Crippen LogP contribution in [0, 0.1) is 6.92 Å². The number of amides is 1. The Hall–Kier alpha value is -4.97. The number of aromatic nitrogens is 3. The molecule has 0 aliphatic rings. The van der Waals surface area contributed by atoms with E-state index < -0.39 is 5.92 Å². The highest BCUT2D eigenvalue weighted by Crippen LogP contribution is 2.33. The Morgan fingerprint density at radius 1 is 0.865 bits per heavy atom. The zero-order chi connectivity index (χ0) is 25.2. The number of nitrogens with one attached hydrogen (secondary N) is 2. The van der Waals surface area contributed by atoms with E-state index in [1.54, 1.807) is 6.20 Å². The Morgan fingerprint density at radius 2 is 1.59 bits per heavy atom. The topological polar surface area (TPSA) is 83.8 Å². The molecule has 0 aliphatic heterocycles. The first-order valence-electron chi connectivity index (χ1n) is 12.1. The van der Waals surface area contributed by atoms with Gasteiger partial charge >= 0.3 is 0 Å². The zero-order valence-corrected chi connectivity index (χ0v) is 20.2. The minimum Gasteiger partial charge on any atom is -0.436 e.